The van der Waals surface area contributed by atoms with E-state index in [1.54, 1.807) is 18.2 Å². The van der Waals surface area contributed by atoms with Crippen molar-refractivity contribution in [3.63, 3.8) is 0 Å². The van der Waals surface area contributed by atoms with Crippen molar-refractivity contribution in [1.82, 2.24) is 10.2 Å². The zero-order valence-corrected chi connectivity index (χ0v) is 26.1. The van der Waals surface area contributed by atoms with Crippen LogP contribution in [0.3, 0.4) is 0 Å². The van der Waals surface area contributed by atoms with E-state index in [9.17, 15) is 22.4 Å². The standard InChI is InChI=1S/C34H35ClFN3O4S/c1-3-25(2)37-34(41)32(21-26-13-7-4-8-14-26)38(23-27-15-9-5-10-16-27)33(40)24-39(28-19-20-31(36)30(35)22-28)44(42,43)29-17-11-6-12-18-29/h4-20,22,25,32H,3,21,23-24H2,1-2H3,(H,37,41)/t25-,32+/m0/s1. The molecular formula is C34H35ClFN3O4S. The Bertz CT molecular complexity index is 1660. The minimum Gasteiger partial charge on any atom is -0.352 e. The van der Waals surface area contributed by atoms with Crippen molar-refractivity contribution < 1.29 is 22.4 Å². The Morgan fingerprint density at radius 2 is 1.43 bits per heavy atom. The molecule has 0 radical (unpaired) electrons. The first-order valence-corrected chi connectivity index (χ1v) is 16.1. The summed E-state index contributed by atoms with van der Waals surface area (Å²) in [5, 5.41) is 2.71. The number of nitrogens with one attached hydrogen (secondary N) is 1. The lowest BCUT2D eigenvalue weighted by Crippen LogP contribution is -2.54. The summed E-state index contributed by atoms with van der Waals surface area (Å²) in [5.74, 6) is -1.70. The lowest BCUT2D eigenvalue weighted by Gasteiger charge is -2.34. The molecule has 2 amide bonds. The van der Waals surface area contributed by atoms with Gasteiger partial charge in [0.25, 0.3) is 10.0 Å². The molecule has 0 heterocycles. The predicted molar refractivity (Wildman–Crippen MR) is 171 cm³/mol. The number of nitrogens with zero attached hydrogens (tertiary/aromatic N) is 2. The molecule has 0 aliphatic carbocycles. The van der Waals surface area contributed by atoms with Crippen molar-refractivity contribution in [3.05, 3.63) is 131 Å². The molecule has 10 heteroatoms. The molecule has 0 bridgehead atoms. The Morgan fingerprint density at radius 3 is 2.00 bits per heavy atom. The van der Waals surface area contributed by atoms with Gasteiger partial charge in [0.1, 0.15) is 18.4 Å². The Labute approximate surface area is 263 Å². The number of anilines is 1. The number of hydrogen-bond donors (Lipinski definition) is 1. The highest BCUT2D eigenvalue weighted by atomic mass is 35.5. The summed E-state index contributed by atoms with van der Waals surface area (Å²) in [7, 11) is -4.31. The fourth-order valence-corrected chi connectivity index (χ4v) is 6.27. The molecule has 44 heavy (non-hydrogen) atoms. The monoisotopic (exact) mass is 635 g/mol. The van der Waals surface area contributed by atoms with Crippen LogP contribution in [0.1, 0.15) is 31.4 Å². The summed E-state index contributed by atoms with van der Waals surface area (Å²) in [6.45, 7) is 3.22. The lowest BCUT2D eigenvalue weighted by atomic mass is 10.0. The van der Waals surface area contributed by atoms with Crippen molar-refractivity contribution in [2.75, 3.05) is 10.8 Å². The molecule has 0 aromatic heterocycles. The maximum Gasteiger partial charge on any atom is 0.264 e. The first kappa shape index (κ1) is 32.7. The molecule has 0 fully saturated rings. The van der Waals surface area contributed by atoms with E-state index >= 15 is 0 Å². The molecule has 2 atom stereocenters. The summed E-state index contributed by atoms with van der Waals surface area (Å²) in [4.78, 5) is 29.6. The van der Waals surface area contributed by atoms with Crippen molar-refractivity contribution in [3.8, 4) is 0 Å². The Morgan fingerprint density at radius 1 is 0.864 bits per heavy atom. The molecule has 230 valence electrons. The average Bonchev–Trinajstić information content (AvgIpc) is 3.04. The second-order valence-electron chi connectivity index (χ2n) is 10.5. The minimum absolute atomic E-state index is 0.0110. The van der Waals surface area contributed by atoms with Crippen LogP contribution in [0.4, 0.5) is 10.1 Å². The maximum atomic E-state index is 14.4. The Hall–Kier alpha value is -4.21. The van der Waals surface area contributed by atoms with Crippen LogP contribution in [0.5, 0.6) is 0 Å². The van der Waals surface area contributed by atoms with Crippen LogP contribution in [0.2, 0.25) is 5.02 Å². The number of carbonyl (C=O) groups excluding carboxylic acids is 2. The van der Waals surface area contributed by atoms with Crippen LogP contribution >= 0.6 is 11.6 Å². The highest BCUT2D eigenvalue weighted by molar-refractivity contribution is 7.92. The predicted octanol–water partition coefficient (Wildman–Crippen LogP) is 6.23. The van der Waals surface area contributed by atoms with E-state index in [2.05, 4.69) is 5.32 Å². The third-order valence-electron chi connectivity index (χ3n) is 7.27. The number of sulfonamides is 1. The summed E-state index contributed by atoms with van der Waals surface area (Å²) < 4.78 is 43.0. The van der Waals surface area contributed by atoms with E-state index < -0.39 is 34.3 Å². The lowest BCUT2D eigenvalue weighted by molar-refractivity contribution is -0.140. The van der Waals surface area contributed by atoms with Gasteiger partial charge in [-0.3, -0.25) is 13.9 Å². The number of rotatable bonds is 13. The largest absolute Gasteiger partial charge is 0.352 e. The zero-order valence-electron chi connectivity index (χ0n) is 24.6. The number of benzene rings is 4. The first-order valence-electron chi connectivity index (χ1n) is 14.3. The average molecular weight is 636 g/mol. The minimum atomic E-state index is -4.31. The molecule has 4 aromatic rings. The van der Waals surface area contributed by atoms with Crippen LogP contribution in [0.25, 0.3) is 0 Å². The molecule has 0 unspecified atom stereocenters. The fraction of sp³-hybridized carbons (Fsp3) is 0.235. The molecular weight excluding hydrogens is 601 g/mol. The normalized spacial score (nSPS) is 12.6. The highest BCUT2D eigenvalue weighted by Crippen LogP contribution is 2.28. The van der Waals surface area contributed by atoms with Crippen molar-refractivity contribution >= 4 is 39.1 Å². The van der Waals surface area contributed by atoms with Crippen LogP contribution in [-0.2, 0) is 32.6 Å². The summed E-state index contributed by atoms with van der Waals surface area (Å²) in [6, 6.07) is 28.5. The van der Waals surface area contributed by atoms with E-state index in [1.165, 1.54) is 29.2 Å². The van der Waals surface area contributed by atoms with Gasteiger partial charge in [0.15, 0.2) is 0 Å². The number of halogens is 2. The molecule has 7 nitrogen and oxygen atoms in total. The smallest absolute Gasteiger partial charge is 0.264 e. The SMILES string of the molecule is CC[C@H](C)NC(=O)[C@@H](Cc1ccccc1)N(Cc1ccccc1)C(=O)CN(c1ccc(F)c(Cl)c1)S(=O)(=O)c1ccccc1. The van der Waals surface area contributed by atoms with E-state index in [0.29, 0.717) is 6.42 Å². The van der Waals surface area contributed by atoms with Gasteiger partial charge in [-0.05, 0) is 54.8 Å². The number of carbonyl (C=O) groups is 2. The zero-order chi connectivity index (χ0) is 31.7. The first-order chi connectivity index (χ1) is 21.1. The summed E-state index contributed by atoms with van der Waals surface area (Å²) in [6.07, 6.45) is 0.889. The van der Waals surface area contributed by atoms with Gasteiger partial charge in [0.2, 0.25) is 11.8 Å². The second kappa shape index (κ2) is 15.0. The highest BCUT2D eigenvalue weighted by Gasteiger charge is 2.35. The van der Waals surface area contributed by atoms with Crippen molar-refractivity contribution in [2.45, 2.75) is 50.2 Å². The third-order valence-corrected chi connectivity index (χ3v) is 9.35. The third kappa shape index (κ3) is 8.24. The van der Waals surface area contributed by atoms with Gasteiger partial charge >= 0.3 is 0 Å². The van der Waals surface area contributed by atoms with Gasteiger partial charge < -0.3 is 10.2 Å². The van der Waals surface area contributed by atoms with E-state index in [4.69, 9.17) is 11.6 Å². The van der Waals surface area contributed by atoms with Gasteiger partial charge in [0, 0.05) is 19.0 Å². The van der Waals surface area contributed by atoms with Crippen molar-refractivity contribution in [1.29, 1.82) is 0 Å². The van der Waals surface area contributed by atoms with Gasteiger partial charge in [-0.25, -0.2) is 12.8 Å². The van der Waals surface area contributed by atoms with Crippen LogP contribution in [0.15, 0.2) is 114 Å². The van der Waals surface area contributed by atoms with E-state index in [0.717, 1.165) is 21.5 Å². The molecule has 1 N–H and O–H groups in total. The van der Waals surface area contributed by atoms with Crippen molar-refractivity contribution in [2.24, 2.45) is 0 Å². The molecule has 4 aromatic carbocycles. The second-order valence-corrected chi connectivity index (χ2v) is 12.7. The molecule has 0 aliphatic heterocycles. The van der Waals surface area contributed by atoms with Crippen LogP contribution < -0.4 is 9.62 Å². The molecule has 0 spiro atoms. The molecule has 0 aliphatic rings. The number of amides is 2. The van der Waals surface area contributed by atoms with E-state index in [-0.39, 0.29) is 40.5 Å². The van der Waals surface area contributed by atoms with Gasteiger partial charge in [-0.2, -0.15) is 0 Å². The van der Waals surface area contributed by atoms with Gasteiger partial charge in [-0.15, -0.1) is 0 Å². The van der Waals surface area contributed by atoms with E-state index in [1.807, 2.05) is 74.5 Å². The molecule has 4 rings (SSSR count). The quantitative estimate of drug-likeness (QED) is 0.189. The maximum absolute atomic E-state index is 14.4. The molecule has 0 saturated heterocycles. The summed E-state index contributed by atoms with van der Waals surface area (Å²) in [5.41, 5.74) is 1.61. The topological polar surface area (TPSA) is 86.8 Å². The van der Waals surface area contributed by atoms with Crippen LogP contribution in [0, 0.1) is 5.82 Å². The fourth-order valence-electron chi connectivity index (χ4n) is 4.66. The van der Waals surface area contributed by atoms with Crippen LogP contribution in [-0.4, -0.2) is 43.8 Å². The summed E-state index contributed by atoms with van der Waals surface area (Å²) >= 11 is 6.06. The van der Waals surface area contributed by atoms with Gasteiger partial charge in [0.05, 0.1) is 15.6 Å². The Kier molecular flexibility index (Phi) is 11.1. The van der Waals surface area contributed by atoms with Gasteiger partial charge in [-0.1, -0.05) is 97.4 Å². The molecule has 0 saturated carbocycles. The number of hydrogen-bond acceptors (Lipinski definition) is 4. The Balaban J connectivity index is 1.80.